The molecule has 2 atom stereocenters. The molecule has 0 bridgehead atoms. The summed E-state index contributed by atoms with van der Waals surface area (Å²) in [6, 6.07) is 0. The molecule has 2 amide bonds. The number of nitrogens with one attached hydrogen (secondary N) is 2. The zero-order chi connectivity index (χ0) is 11.5. The summed E-state index contributed by atoms with van der Waals surface area (Å²) in [6.45, 7) is 2.01. The number of rotatable bonds is 4. The summed E-state index contributed by atoms with van der Waals surface area (Å²) < 4.78 is 0. The van der Waals surface area contributed by atoms with Crippen LogP contribution < -0.4 is 10.6 Å². The summed E-state index contributed by atoms with van der Waals surface area (Å²) >= 11 is 1.24. The zero-order valence-electron chi connectivity index (χ0n) is 8.77. The largest absolute Gasteiger partial charge is 0.347 e. The second-order valence-electron chi connectivity index (χ2n) is 3.83. The Morgan fingerprint density at radius 2 is 2.38 bits per heavy atom. The molecule has 2 N–H and O–H groups in total. The molecule has 0 aliphatic heterocycles. The van der Waals surface area contributed by atoms with Gasteiger partial charge in [-0.05, 0) is 12.3 Å². The second kappa shape index (κ2) is 4.56. The van der Waals surface area contributed by atoms with Gasteiger partial charge in [0.2, 0.25) is 16.9 Å². The lowest BCUT2D eigenvalue weighted by atomic mass is 10.3. The molecule has 7 heteroatoms. The molecule has 86 valence electrons. The first-order chi connectivity index (χ1) is 7.66. The van der Waals surface area contributed by atoms with E-state index in [0.29, 0.717) is 11.0 Å². The summed E-state index contributed by atoms with van der Waals surface area (Å²) in [5.41, 5.74) is 1.53. The fourth-order valence-electron chi connectivity index (χ4n) is 1.38. The van der Waals surface area contributed by atoms with Crippen molar-refractivity contribution < 1.29 is 9.59 Å². The zero-order valence-corrected chi connectivity index (χ0v) is 9.58. The van der Waals surface area contributed by atoms with Crippen LogP contribution in [0.5, 0.6) is 0 Å². The number of anilines is 1. The molecule has 0 aromatic carbocycles. The first-order valence-corrected chi connectivity index (χ1v) is 5.88. The molecule has 16 heavy (non-hydrogen) atoms. The highest BCUT2D eigenvalue weighted by molar-refractivity contribution is 7.13. The molecule has 6 nitrogen and oxygen atoms in total. The highest BCUT2D eigenvalue weighted by Gasteiger charge is 2.38. The number of nitrogens with zero attached hydrogens (tertiary/aromatic N) is 2. The first-order valence-electron chi connectivity index (χ1n) is 5.00. The van der Waals surface area contributed by atoms with Gasteiger partial charge in [0.1, 0.15) is 5.51 Å². The smallest absolute Gasteiger partial charge is 0.245 e. The van der Waals surface area contributed by atoms with E-state index in [2.05, 4.69) is 20.8 Å². The van der Waals surface area contributed by atoms with E-state index in [9.17, 15) is 9.59 Å². The lowest BCUT2D eigenvalue weighted by Gasteiger charge is -2.03. The van der Waals surface area contributed by atoms with Gasteiger partial charge in [0.15, 0.2) is 0 Å². The Labute approximate surface area is 96.5 Å². The maximum atomic E-state index is 11.4. The van der Waals surface area contributed by atoms with Gasteiger partial charge in [-0.25, -0.2) is 0 Å². The average molecular weight is 240 g/mol. The minimum atomic E-state index is -0.279. The molecule has 2 rings (SSSR count). The van der Waals surface area contributed by atoms with Crippen LogP contribution in [0.3, 0.4) is 0 Å². The number of hydrogen-bond donors (Lipinski definition) is 2. The van der Waals surface area contributed by atoms with Crippen molar-refractivity contribution in [1.29, 1.82) is 0 Å². The van der Waals surface area contributed by atoms with Crippen LogP contribution in [0, 0.1) is 11.8 Å². The van der Waals surface area contributed by atoms with Crippen molar-refractivity contribution in [3.63, 3.8) is 0 Å². The molecule has 1 aliphatic carbocycles. The van der Waals surface area contributed by atoms with E-state index in [1.165, 1.54) is 16.8 Å². The highest BCUT2D eigenvalue weighted by Crippen LogP contribution is 2.37. The van der Waals surface area contributed by atoms with Gasteiger partial charge < -0.3 is 5.32 Å². The Morgan fingerprint density at radius 3 is 2.94 bits per heavy atom. The fourth-order valence-corrected chi connectivity index (χ4v) is 1.84. The summed E-state index contributed by atoms with van der Waals surface area (Å²) in [4.78, 5) is 22.8. The molecule has 1 fully saturated rings. The van der Waals surface area contributed by atoms with Crippen LogP contribution >= 0.6 is 11.3 Å². The molecule has 0 unspecified atom stereocenters. The maximum Gasteiger partial charge on any atom is 0.245 e. The van der Waals surface area contributed by atoms with Crippen LogP contribution in [-0.4, -0.2) is 28.6 Å². The molecule has 1 aliphatic rings. The summed E-state index contributed by atoms with van der Waals surface area (Å²) in [7, 11) is 0. The Bertz CT molecular complexity index is 392. The van der Waals surface area contributed by atoms with E-state index < -0.39 is 0 Å². The van der Waals surface area contributed by atoms with E-state index in [4.69, 9.17) is 0 Å². The molecule has 1 aromatic rings. The predicted octanol–water partition coefficient (Wildman–Crippen LogP) is 0.249. The topological polar surface area (TPSA) is 84.0 Å². The predicted molar refractivity (Wildman–Crippen MR) is 58.8 cm³/mol. The molecular formula is C9H12N4O2S. The number of amides is 2. The fraction of sp³-hybridized carbons (Fsp3) is 0.556. The van der Waals surface area contributed by atoms with Gasteiger partial charge in [-0.15, -0.1) is 10.2 Å². The van der Waals surface area contributed by atoms with E-state index in [1.807, 2.05) is 6.92 Å². The summed E-state index contributed by atoms with van der Waals surface area (Å²) in [5, 5.41) is 12.8. The van der Waals surface area contributed by atoms with Crippen LogP contribution in [-0.2, 0) is 9.59 Å². The lowest BCUT2D eigenvalue weighted by Crippen LogP contribution is -2.34. The van der Waals surface area contributed by atoms with Crippen molar-refractivity contribution in [3.05, 3.63) is 5.51 Å². The number of hydrogen-bond acceptors (Lipinski definition) is 5. The molecule has 0 radical (unpaired) electrons. The normalized spacial score (nSPS) is 22.6. The molecule has 0 saturated heterocycles. The van der Waals surface area contributed by atoms with Crippen molar-refractivity contribution in [1.82, 2.24) is 15.5 Å². The van der Waals surface area contributed by atoms with Crippen molar-refractivity contribution >= 4 is 28.3 Å². The number of carbonyl (C=O) groups is 2. The monoisotopic (exact) mass is 240 g/mol. The van der Waals surface area contributed by atoms with Crippen LogP contribution in [0.15, 0.2) is 5.51 Å². The molecular weight excluding hydrogens is 228 g/mol. The maximum absolute atomic E-state index is 11.4. The lowest BCUT2D eigenvalue weighted by molar-refractivity contribution is -0.125. The third kappa shape index (κ3) is 2.75. The Hall–Kier alpha value is -1.50. The quantitative estimate of drug-likeness (QED) is 0.790. The van der Waals surface area contributed by atoms with E-state index in [0.717, 1.165) is 6.42 Å². The van der Waals surface area contributed by atoms with Gasteiger partial charge in [-0.2, -0.15) is 0 Å². The minimum Gasteiger partial charge on any atom is -0.347 e. The number of carbonyl (C=O) groups excluding carboxylic acids is 2. The van der Waals surface area contributed by atoms with Crippen molar-refractivity contribution in [2.75, 3.05) is 11.9 Å². The molecule has 1 aromatic heterocycles. The Morgan fingerprint density at radius 1 is 1.62 bits per heavy atom. The first kappa shape index (κ1) is 11.0. The van der Waals surface area contributed by atoms with Crippen LogP contribution in [0.4, 0.5) is 5.13 Å². The Kier molecular flexibility index (Phi) is 3.14. The summed E-state index contributed by atoms with van der Waals surface area (Å²) in [6.07, 6.45) is 0.920. The van der Waals surface area contributed by atoms with Gasteiger partial charge in [-0.3, -0.25) is 14.9 Å². The van der Waals surface area contributed by atoms with Gasteiger partial charge in [0, 0.05) is 5.92 Å². The molecule has 1 heterocycles. The standard InChI is InChI=1S/C9H12N4O2S/c1-5-2-6(5)8(15)10-3-7(14)12-9-13-11-4-16-9/h4-6H,2-3H2,1H3,(H,10,15)(H,12,13,14)/t5-,6-/m0/s1. The van der Waals surface area contributed by atoms with Gasteiger partial charge in [0.05, 0.1) is 6.54 Å². The van der Waals surface area contributed by atoms with E-state index in [1.54, 1.807) is 0 Å². The van der Waals surface area contributed by atoms with Crippen LogP contribution in [0.1, 0.15) is 13.3 Å². The third-order valence-corrected chi connectivity index (χ3v) is 3.08. The Balaban J connectivity index is 1.70. The number of aromatic nitrogens is 2. The van der Waals surface area contributed by atoms with Gasteiger partial charge >= 0.3 is 0 Å². The van der Waals surface area contributed by atoms with Crippen molar-refractivity contribution in [2.45, 2.75) is 13.3 Å². The van der Waals surface area contributed by atoms with E-state index in [-0.39, 0.29) is 24.3 Å². The third-order valence-electron chi connectivity index (χ3n) is 2.48. The molecule has 0 spiro atoms. The highest BCUT2D eigenvalue weighted by atomic mass is 32.1. The van der Waals surface area contributed by atoms with Gasteiger partial charge in [0.25, 0.3) is 0 Å². The molecule has 1 saturated carbocycles. The van der Waals surface area contributed by atoms with Crippen molar-refractivity contribution in [2.24, 2.45) is 11.8 Å². The summed E-state index contributed by atoms with van der Waals surface area (Å²) in [5.74, 6) is 0.221. The second-order valence-corrected chi connectivity index (χ2v) is 4.66. The average Bonchev–Trinajstić information content (AvgIpc) is 2.77. The minimum absolute atomic E-state index is 0.0123. The van der Waals surface area contributed by atoms with Crippen molar-refractivity contribution in [3.8, 4) is 0 Å². The van der Waals surface area contributed by atoms with Gasteiger partial charge in [-0.1, -0.05) is 18.3 Å². The van der Waals surface area contributed by atoms with Crippen LogP contribution in [0.2, 0.25) is 0 Å². The van der Waals surface area contributed by atoms with E-state index >= 15 is 0 Å². The SMILES string of the molecule is C[C@H]1C[C@@H]1C(=O)NCC(=O)Nc1nncs1. The van der Waals surface area contributed by atoms with Crippen LogP contribution in [0.25, 0.3) is 0 Å².